The number of anilines is 1. The summed E-state index contributed by atoms with van der Waals surface area (Å²) in [6, 6.07) is 18.5. The minimum atomic E-state index is -0.573. The number of esters is 1. The van der Waals surface area contributed by atoms with E-state index in [-0.39, 0.29) is 23.8 Å². The summed E-state index contributed by atoms with van der Waals surface area (Å²) in [5.41, 5.74) is 7.44. The average molecular weight is 393 g/mol. The lowest BCUT2D eigenvalue weighted by atomic mass is 10.0. The Morgan fingerprint density at radius 1 is 1.07 bits per heavy atom. The second kappa shape index (κ2) is 9.14. The van der Waals surface area contributed by atoms with Gasteiger partial charge in [0.15, 0.2) is 10.9 Å². The van der Waals surface area contributed by atoms with Gasteiger partial charge in [0, 0.05) is 11.8 Å². The SMILES string of the molecule is CCOC(=O)c1cnc(S[C@@H](C(=O)c2ccccc2)c2ccccc2)nc1N. The van der Waals surface area contributed by atoms with E-state index in [1.165, 1.54) is 18.0 Å². The van der Waals surface area contributed by atoms with Gasteiger partial charge in [0.1, 0.15) is 16.6 Å². The number of nitrogens with zero attached hydrogens (tertiary/aromatic N) is 2. The fraction of sp³-hybridized carbons (Fsp3) is 0.143. The number of nitrogen functional groups attached to an aromatic ring is 1. The molecule has 3 rings (SSSR count). The van der Waals surface area contributed by atoms with E-state index in [1.54, 1.807) is 19.1 Å². The van der Waals surface area contributed by atoms with Crippen LogP contribution in [0.2, 0.25) is 0 Å². The first-order valence-corrected chi connectivity index (χ1v) is 9.58. The topological polar surface area (TPSA) is 95.2 Å². The lowest BCUT2D eigenvalue weighted by Gasteiger charge is -2.15. The second-order valence-electron chi connectivity index (χ2n) is 5.81. The van der Waals surface area contributed by atoms with Crippen molar-refractivity contribution in [3.63, 3.8) is 0 Å². The normalized spacial score (nSPS) is 11.6. The smallest absolute Gasteiger partial charge is 0.343 e. The molecule has 142 valence electrons. The first-order valence-electron chi connectivity index (χ1n) is 8.70. The molecule has 1 heterocycles. The van der Waals surface area contributed by atoms with E-state index in [0.717, 1.165) is 5.56 Å². The second-order valence-corrected chi connectivity index (χ2v) is 6.88. The van der Waals surface area contributed by atoms with Gasteiger partial charge >= 0.3 is 5.97 Å². The summed E-state index contributed by atoms with van der Waals surface area (Å²) < 4.78 is 4.94. The van der Waals surface area contributed by atoms with Crippen LogP contribution in [0.25, 0.3) is 0 Å². The van der Waals surface area contributed by atoms with Crippen molar-refractivity contribution >= 4 is 29.3 Å². The molecule has 0 unspecified atom stereocenters. The lowest BCUT2D eigenvalue weighted by molar-refractivity contribution is 0.0526. The number of hydrogen-bond donors (Lipinski definition) is 1. The summed E-state index contributed by atoms with van der Waals surface area (Å²) in [6.07, 6.45) is 1.33. The Hall–Kier alpha value is -3.19. The van der Waals surface area contributed by atoms with E-state index in [0.29, 0.717) is 10.7 Å². The van der Waals surface area contributed by atoms with Gasteiger partial charge in [-0.15, -0.1) is 0 Å². The summed E-state index contributed by atoms with van der Waals surface area (Å²) in [6.45, 7) is 1.94. The van der Waals surface area contributed by atoms with Crippen LogP contribution in [0.4, 0.5) is 5.82 Å². The van der Waals surface area contributed by atoms with Gasteiger partial charge in [-0.3, -0.25) is 4.79 Å². The maximum absolute atomic E-state index is 13.1. The van der Waals surface area contributed by atoms with Crippen molar-refractivity contribution in [3.05, 3.63) is 83.6 Å². The van der Waals surface area contributed by atoms with E-state index < -0.39 is 11.2 Å². The third-order valence-corrected chi connectivity index (χ3v) is 5.04. The standard InChI is InChI=1S/C21H19N3O3S/c1-2-27-20(26)16-13-23-21(24-19(16)22)28-18(15-11-7-4-8-12-15)17(25)14-9-5-3-6-10-14/h3-13,18H,2H2,1H3,(H2,22,23,24)/t18-/m1/s1. The third kappa shape index (κ3) is 4.55. The number of aromatic nitrogens is 2. The molecule has 0 aliphatic rings. The van der Waals surface area contributed by atoms with Crippen LogP contribution in [0.15, 0.2) is 72.0 Å². The van der Waals surface area contributed by atoms with Gasteiger partial charge < -0.3 is 10.5 Å². The summed E-state index contributed by atoms with van der Waals surface area (Å²) in [5, 5.41) is -0.236. The number of ether oxygens (including phenoxy) is 1. The average Bonchev–Trinajstić information content (AvgIpc) is 2.73. The number of Topliss-reactive ketones (excluding diaryl/α,β-unsaturated/α-hetero) is 1. The zero-order valence-corrected chi connectivity index (χ0v) is 16.1. The molecule has 6 nitrogen and oxygen atoms in total. The highest BCUT2D eigenvalue weighted by molar-refractivity contribution is 8.00. The molecule has 3 aromatic rings. The van der Waals surface area contributed by atoms with E-state index in [2.05, 4.69) is 9.97 Å². The first kappa shape index (κ1) is 19.6. The summed E-state index contributed by atoms with van der Waals surface area (Å²) >= 11 is 1.19. The van der Waals surface area contributed by atoms with E-state index >= 15 is 0 Å². The Bertz CT molecular complexity index is 965. The van der Waals surface area contributed by atoms with Crippen LogP contribution in [0.1, 0.15) is 38.5 Å². The van der Waals surface area contributed by atoms with Crippen molar-refractivity contribution in [3.8, 4) is 0 Å². The molecule has 0 saturated carbocycles. The van der Waals surface area contributed by atoms with E-state index in [4.69, 9.17) is 10.5 Å². The minimum Gasteiger partial charge on any atom is -0.462 e. The monoisotopic (exact) mass is 393 g/mol. The Morgan fingerprint density at radius 2 is 1.71 bits per heavy atom. The van der Waals surface area contributed by atoms with Crippen LogP contribution < -0.4 is 5.73 Å². The highest BCUT2D eigenvalue weighted by Gasteiger charge is 2.25. The molecule has 0 fully saturated rings. The predicted octanol–water partition coefficient (Wildman–Crippen LogP) is 3.95. The van der Waals surface area contributed by atoms with Crippen molar-refractivity contribution in [2.75, 3.05) is 12.3 Å². The molecule has 2 N–H and O–H groups in total. The molecule has 0 bridgehead atoms. The van der Waals surface area contributed by atoms with Gasteiger partial charge in [0.05, 0.1) is 6.61 Å². The number of carbonyl (C=O) groups excluding carboxylic acids is 2. The fourth-order valence-electron chi connectivity index (χ4n) is 2.56. The molecule has 0 amide bonds. The van der Waals surface area contributed by atoms with E-state index in [1.807, 2.05) is 48.5 Å². The van der Waals surface area contributed by atoms with Gasteiger partial charge in [-0.1, -0.05) is 72.4 Å². The molecule has 0 aliphatic heterocycles. The maximum atomic E-state index is 13.1. The molecule has 0 radical (unpaired) electrons. The number of benzene rings is 2. The molecular weight excluding hydrogens is 374 g/mol. The summed E-state index contributed by atoms with van der Waals surface area (Å²) in [5.74, 6) is -0.611. The van der Waals surface area contributed by atoms with Crippen LogP contribution >= 0.6 is 11.8 Å². The number of thioether (sulfide) groups is 1. The summed E-state index contributed by atoms with van der Waals surface area (Å²) in [7, 11) is 0. The molecule has 7 heteroatoms. The largest absolute Gasteiger partial charge is 0.462 e. The molecule has 1 atom stereocenters. The van der Waals surface area contributed by atoms with Crippen LogP contribution in [-0.4, -0.2) is 28.3 Å². The Labute approximate surface area is 167 Å². The van der Waals surface area contributed by atoms with Crippen molar-refractivity contribution < 1.29 is 14.3 Å². The Balaban J connectivity index is 1.91. The van der Waals surface area contributed by atoms with E-state index in [9.17, 15) is 9.59 Å². The quantitative estimate of drug-likeness (QED) is 0.281. The highest BCUT2D eigenvalue weighted by atomic mass is 32.2. The van der Waals surface area contributed by atoms with Gasteiger partial charge in [0.25, 0.3) is 0 Å². The highest BCUT2D eigenvalue weighted by Crippen LogP contribution is 2.36. The molecule has 0 saturated heterocycles. The number of carbonyl (C=O) groups is 2. The number of rotatable bonds is 7. The van der Waals surface area contributed by atoms with Crippen molar-refractivity contribution in [2.45, 2.75) is 17.3 Å². The first-order chi connectivity index (χ1) is 13.6. The molecule has 0 spiro atoms. The van der Waals surface area contributed by atoms with Crippen LogP contribution in [-0.2, 0) is 4.74 Å². The fourth-order valence-corrected chi connectivity index (χ4v) is 3.57. The molecule has 2 aromatic carbocycles. The Morgan fingerprint density at radius 3 is 2.32 bits per heavy atom. The number of ketones is 1. The Kier molecular flexibility index (Phi) is 6.39. The molecule has 1 aromatic heterocycles. The van der Waals surface area contributed by atoms with Gasteiger partial charge in [-0.2, -0.15) is 0 Å². The van der Waals surface area contributed by atoms with Crippen LogP contribution in [0.3, 0.4) is 0 Å². The van der Waals surface area contributed by atoms with Crippen molar-refractivity contribution in [2.24, 2.45) is 0 Å². The lowest BCUT2D eigenvalue weighted by Crippen LogP contribution is -2.13. The maximum Gasteiger partial charge on any atom is 0.343 e. The van der Waals surface area contributed by atoms with Crippen LogP contribution in [0.5, 0.6) is 0 Å². The van der Waals surface area contributed by atoms with Crippen LogP contribution in [0, 0.1) is 0 Å². The number of hydrogen-bond acceptors (Lipinski definition) is 7. The molecule has 28 heavy (non-hydrogen) atoms. The number of nitrogens with two attached hydrogens (primary N) is 1. The van der Waals surface area contributed by atoms with Crippen molar-refractivity contribution in [1.29, 1.82) is 0 Å². The molecular formula is C21H19N3O3S. The zero-order chi connectivity index (χ0) is 19.9. The van der Waals surface area contributed by atoms with Crippen molar-refractivity contribution in [1.82, 2.24) is 9.97 Å². The van der Waals surface area contributed by atoms with Gasteiger partial charge in [0.2, 0.25) is 0 Å². The van der Waals surface area contributed by atoms with Gasteiger partial charge in [-0.25, -0.2) is 14.8 Å². The minimum absolute atomic E-state index is 0.0231. The van der Waals surface area contributed by atoms with Gasteiger partial charge in [-0.05, 0) is 12.5 Å². The summed E-state index contributed by atoms with van der Waals surface area (Å²) in [4.78, 5) is 33.4. The molecule has 0 aliphatic carbocycles. The third-order valence-electron chi connectivity index (χ3n) is 3.91. The zero-order valence-electron chi connectivity index (χ0n) is 15.2. The predicted molar refractivity (Wildman–Crippen MR) is 108 cm³/mol.